The fraction of sp³-hybridized carbons (Fsp3) is 0.500. The molecule has 98 valence electrons. The largest absolute Gasteiger partial charge is 0.444 e. The minimum Gasteiger partial charge on any atom is -0.444 e. The molecule has 0 radical (unpaired) electrons. The second-order valence-electron chi connectivity index (χ2n) is 4.37. The van der Waals surface area contributed by atoms with Gasteiger partial charge >= 0.3 is 0 Å². The second kappa shape index (κ2) is 5.67. The first kappa shape index (κ1) is 13.3. The van der Waals surface area contributed by atoms with Crippen LogP contribution in [-0.2, 0) is 4.79 Å². The van der Waals surface area contributed by atoms with E-state index in [0.717, 1.165) is 13.1 Å². The summed E-state index contributed by atoms with van der Waals surface area (Å²) in [6.07, 6.45) is 0. The van der Waals surface area contributed by atoms with Crippen molar-refractivity contribution in [2.24, 2.45) is 0 Å². The van der Waals surface area contributed by atoms with Crippen molar-refractivity contribution in [2.75, 3.05) is 32.7 Å². The van der Waals surface area contributed by atoms with Crippen LogP contribution in [-0.4, -0.2) is 54.2 Å². The van der Waals surface area contributed by atoms with Crippen molar-refractivity contribution in [3.63, 3.8) is 0 Å². The molecule has 1 fully saturated rings. The van der Waals surface area contributed by atoms with E-state index in [2.05, 4.69) is 20.8 Å². The second-order valence-corrected chi connectivity index (χ2v) is 5.16. The number of halogens is 1. The number of furan rings is 1. The van der Waals surface area contributed by atoms with Crippen molar-refractivity contribution in [1.29, 1.82) is 0 Å². The summed E-state index contributed by atoms with van der Waals surface area (Å²) in [7, 11) is 0. The van der Waals surface area contributed by atoms with Gasteiger partial charge in [0.25, 0.3) is 5.91 Å². The lowest BCUT2D eigenvalue weighted by molar-refractivity contribution is -0.118. The zero-order chi connectivity index (χ0) is 13.1. The zero-order valence-corrected chi connectivity index (χ0v) is 11.8. The molecule has 1 amide bonds. The monoisotopic (exact) mass is 314 g/mol. The molecule has 2 heterocycles. The fourth-order valence-corrected chi connectivity index (χ4v) is 2.32. The number of carbonyl (C=O) groups excluding carboxylic acids is 2. The lowest BCUT2D eigenvalue weighted by Crippen LogP contribution is -2.49. The van der Waals surface area contributed by atoms with Gasteiger partial charge in [0.1, 0.15) is 5.78 Å². The molecule has 0 atom stereocenters. The van der Waals surface area contributed by atoms with Crippen molar-refractivity contribution in [3.05, 3.63) is 22.6 Å². The molecule has 18 heavy (non-hydrogen) atoms. The predicted molar refractivity (Wildman–Crippen MR) is 69.4 cm³/mol. The molecule has 1 aromatic heterocycles. The molecule has 0 spiro atoms. The molecule has 1 saturated heterocycles. The lowest BCUT2D eigenvalue weighted by Gasteiger charge is -2.33. The molecule has 0 aromatic carbocycles. The number of hydrogen-bond donors (Lipinski definition) is 0. The van der Waals surface area contributed by atoms with E-state index < -0.39 is 0 Å². The van der Waals surface area contributed by atoms with Gasteiger partial charge in [-0.05, 0) is 35.0 Å². The van der Waals surface area contributed by atoms with Gasteiger partial charge in [0.15, 0.2) is 10.4 Å². The van der Waals surface area contributed by atoms with Crippen LogP contribution in [0.5, 0.6) is 0 Å². The topological polar surface area (TPSA) is 53.8 Å². The van der Waals surface area contributed by atoms with Crippen molar-refractivity contribution >= 4 is 27.6 Å². The van der Waals surface area contributed by atoms with Crippen molar-refractivity contribution in [1.82, 2.24) is 9.80 Å². The molecule has 0 saturated carbocycles. The summed E-state index contributed by atoms with van der Waals surface area (Å²) in [5.74, 6) is 0.412. The Morgan fingerprint density at radius 1 is 1.28 bits per heavy atom. The predicted octanol–water partition coefficient (Wildman–Crippen LogP) is 1.39. The molecule has 5 nitrogen and oxygen atoms in total. The number of rotatable bonds is 3. The van der Waals surface area contributed by atoms with Gasteiger partial charge in [-0.3, -0.25) is 14.5 Å². The number of carbonyl (C=O) groups is 2. The van der Waals surface area contributed by atoms with Gasteiger partial charge in [-0.15, -0.1) is 0 Å². The maximum absolute atomic E-state index is 12.1. The van der Waals surface area contributed by atoms with Gasteiger partial charge in [0.05, 0.1) is 6.54 Å². The number of Topliss-reactive ketones (excluding diaryl/α,β-unsaturated/α-hetero) is 1. The maximum Gasteiger partial charge on any atom is 0.289 e. The Kier molecular flexibility index (Phi) is 4.19. The summed E-state index contributed by atoms with van der Waals surface area (Å²) in [5, 5.41) is 0. The van der Waals surface area contributed by atoms with Crippen molar-refractivity contribution in [2.45, 2.75) is 6.92 Å². The van der Waals surface area contributed by atoms with Crippen molar-refractivity contribution < 1.29 is 14.0 Å². The van der Waals surface area contributed by atoms with Crippen LogP contribution in [0.1, 0.15) is 17.5 Å². The van der Waals surface area contributed by atoms with E-state index in [0.29, 0.717) is 30.1 Å². The SMILES string of the molecule is CC(=O)CN1CCN(C(=O)c2ccc(Br)o2)CC1. The molecule has 1 aliphatic heterocycles. The zero-order valence-electron chi connectivity index (χ0n) is 10.2. The molecule has 0 N–H and O–H groups in total. The summed E-state index contributed by atoms with van der Waals surface area (Å²) < 4.78 is 5.80. The van der Waals surface area contributed by atoms with Gasteiger partial charge in [0.2, 0.25) is 0 Å². The summed E-state index contributed by atoms with van der Waals surface area (Å²) >= 11 is 3.18. The van der Waals surface area contributed by atoms with Crippen LogP contribution in [0.4, 0.5) is 0 Å². The molecule has 0 unspecified atom stereocenters. The Labute approximate surface area is 114 Å². The van der Waals surface area contributed by atoms with Crippen LogP contribution in [0, 0.1) is 0 Å². The Balaban J connectivity index is 1.90. The number of piperazine rings is 1. The fourth-order valence-electron chi connectivity index (χ4n) is 2.01. The Morgan fingerprint density at radius 2 is 1.94 bits per heavy atom. The third kappa shape index (κ3) is 3.20. The Bertz CT molecular complexity index is 450. The van der Waals surface area contributed by atoms with Gasteiger partial charge in [-0.1, -0.05) is 0 Å². The Hall–Kier alpha value is -1.14. The number of nitrogens with zero attached hydrogens (tertiary/aromatic N) is 2. The molecular weight excluding hydrogens is 300 g/mol. The summed E-state index contributed by atoms with van der Waals surface area (Å²) in [5.41, 5.74) is 0. The average molecular weight is 315 g/mol. The molecule has 1 aliphatic rings. The first-order valence-corrected chi connectivity index (χ1v) is 6.62. The minimum absolute atomic E-state index is 0.0943. The van der Waals surface area contributed by atoms with Crippen LogP contribution < -0.4 is 0 Å². The summed E-state index contributed by atoms with van der Waals surface area (Å²) in [6.45, 7) is 4.77. The Morgan fingerprint density at radius 3 is 2.44 bits per heavy atom. The molecule has 1 aromatic rings. The first-order chi connectivity index (χ1) is 8.56. The van der Waals surface area contributed by atoms with E-state index in [4.69, 9.17) is 4.42 Å². The highest BCUT2D eigenvalue weighted by atomic mass is 79.9. The van der Waals surface area contributed by atoms with Gasteiger partial charge in [-0.2, -0.15) is 0 Å². The van der Waals surface area contributed by atoms with Crippen LogP contribution in [0.25, 0.3) is 0 Å². The minimum atomic E-state index is -0.0943. The highest BCUT2D eigenvalue weighted by Crippen LogP contribution is 2.16. The third-order valence-electron chi connectivity index (χ3n) is 2.89. The number of ketones is 1. The maximum atomic E-state index is 12.1. The molecule has 2 rings (SSSR count). The van der Waals surface area contributed by atoms with E-state index >= 15 is 0 Å². The normalized spacial score (nSPS) is 16.9. The van der Waals surface area contributed by atoms with Crippen LogP contribution in [0.3, 0.4) is 0 Å². The van der Waals surface area contributed by atoms with Gasteiger partial charge in [0, 0.05) is 26.2 Å². The smallest absolute Gasteiger partial charge is 0.289 e. The highest BCUT2D eigenvalue weighted by molar-refractivity contribution is 9.10. The van der Waals surface area contributed by atoms with Gasteiger partial charge < -0.3 is 9.32 Å². The number of hydrogen-bond acceptors (Lipinski definition) is 4. The summed E-state index contributed by atoms with van der Waals surface area (Å²) in [4.78, 5) is 26.9. The van der Waals surface area contributed by atoms with E-state index in [1.54, 1.807) is 24.0 Å². The van der Waals surface area contributed by atoms with Crippen LogP contribution >= 0.6 is 15.9 Å². The standard InChI is InChI=1S/C12H15BrN2O3/c1-9(16)8-14-4-6-15(7-5-14)12(17)10-2-3-11(13)18-10/h2-3H,4-8H2,1H3. The van der Waals surface area contributed by atoms with E-state index in [1.807, 2.05) is 0 Å². The quantitative estimate of drug-likeness (QED) is 0.846. The third-order valence-corrected chi connectivity index (χ3v) is 3.32. The summed E-state index contributed by atoms with van der Waals surface area (Å²) in [6, 6.07) is 3.37. The average Bonchev–Trinajstić information content (AvgIpc) is 2.75. The molecule has 0 aliphatic carbocycles. The van der Waals surface area contributed by atoms with Crippen LogP contribution in [0.15, 0.2) is 21.2 Å². The van der Waals surface area contributed by atoms with E-state index in [9.17, 15) is 9.59 Å². The molecule has 0 bridgehead atoms. The first-order valence-electron chi connectivity index (χ1n) is 5.82. The van der Waals surface area contributed by atoms with Crippen molar-refractivity contribution in [3.8, 4) is 0 Å². The van der Waals surface area contributed by atoms with E-state index in [-0.39, 0.29) is 11.7 Å². The molecular formula is C12H15BrN2O3. The van der Waals surface area contributed by atoms with Gasteiger partial charge in [-0.25, -0.2) is 0 Å². The lowest BCUT2D eigenvalue weighted by atomic mass is 10.2. The van der Waals surface area contributed by atoms with Crippen LogP contribution in [0.2, 0.25) is 0 Å². The number of amides is 1. The highest BCUT2D eigenvalue weighted by Gasteiger charge is 2.24. The molecule has 6 heteroatoms. The van der Waals surface area contributed by atoms with E-state index in [1.165, 1.54) is 0 Å².